The van der Waals surface area contributed by atoms with E-state index in [1.54, 1.807) is 0 Å². The maximum Gasteiger partial charge on any atom is 0.430 e. The minimum Gasteiger partial charge on any atom is -0.472 e. The zero-order valence-electron chi connectivity index (χ0n) is 7.88. The van der Waals surface area contributed by atoms with Crippen molar-refractivity contribution in [2.45, 2.75) is 6.18 Å². The van der Waals surface area contributed by atoms with Gasteiger partial charge in [0.1, 0.15) is 5.70 Å². The molecule has 0 aliphatic carbocycles. The number of allylic oxidation sites excluding steroid dienone is 2. The number of nitrogens with two attached hydrogens (primary N) is 1. The van der Waals surface area contributed by atoms with Crippen LogP contribution in [0.4, 0.5) is 13.2 Å². The van der Waals surface area contributed by atoms with Crippen LogP contribution in [0.15, 0.2) is 39.8 Å². The van der Waals surface area contributed by atoms with Crippen molar-refractivity contribution in [2.75, 3.05) is 7.05 Å². The summed E-state index contributed by atoms with van der Waals surface area (Å²) in [6, 6.07) is 1.50. The number of hydrogen-bond acceptors (Lipinski definition) is 3. The molecule has 3 nitrogen and oxygen atoms in total. The molecule has 0 bridgehead atoms. The monoisotopic (exact) mass is 218 g/mol. The first-order valence-corrected chi connectivity index (χ1v) is 3.99. The Morgan fingerprint density at radius 2 is 2.20 bits per heavy atom. The van der Waals surface area contributed by atoms with E-state index in [0.717, 1.165) is 6.08 Å². The van der Waals surface area contributed by atoms with Crippen molar-refractivity contribution in [1.29, 1.82) is 0 Å². The molecule has 0 spiro atoms. The van der Waals surface area contributed by atoms with Crippen LogP contribution in [0.3, 0.4) is 0 Å². The van der Waals surface area contributed by atoms with Gasteiger partial charge in [0, 0.05) is 12.6 Å². The highest BCUT2D eigenvalue weighted by Crippen LogP contribution is 2.21. The number of furan rings is 1. The van der Waals surface area contributed by atoms with E-state index in [4.69, 9.17) is 10.2 Å². The number of halogens is 3. The summed E-state index contributed by atoms with van der Waals surface area (Å²) in [6.45, 7) is 0. The molecule has 1 heterocycles. The van der Waals surface area contributed by atoms with Crippen LogP contribution in [0.1, 0.15) is 5.56 Å². The van der Waals surface area contributed by atoms with Crippen LogP contribution in [0.25, 0.3) is 0 Å². The lowest BCUT2D eigenvalue weighted by atomic mass is 10.2. The number of hydrogen-bond donors (Lipinski definition) is 1. The molecule has 0 radical (unpaired) electrons. The fourth-order valence-electron chi connectivity index (χ4n) is 0.916. The molecule has 6 heteroatoms. The van der Waals surface area contributed by atoms with Crippen LogP contribution in [-0.4, -0.2) is 18.9 Å². The molecule has 0 aliphatic rings. The Labute approximate surface area is 84.1 Å². The summed E-state index contributed by atoms with van der Waals surface area (Å²) >= 11 is 0. The van der Waals surface area contributed by atoms with Gasteiger partial charge in [-0.25, -0.2) is 0 Å². The molecule has 82 valence electrons. The molecule has 0 fully saturated rings. The normalized spacial score (nSPS) is 14.4. The molecular formula is C9H9F3N2O. The van der Waals surface area contributed by atoms with Crippen LogP contribution < -0.4 is 5.73 Å². The molecular weight excluding hydrogens is 209 g/mol. The Morgan fingerprint density at radius 3 is 2.60 bits per heavy atom. The molecule has 0 unspecified atom stereocenters. The standard InChI is InChI=1S/C9H9F3N2O/c1-14-7(6-2-3-15-5-6)4-8(13)9(10,11)12/h2-5H,13H2,1H3. The predicted molar refractivity (Wildman–Crippen MR) is 49.5 cm³/mol. The zero-order valence-corrected chi connectivity index (χ0v) is 7.88. The molecule has 1 rings (SSSR count). The molecule has 15 heavy (non-hydrogen) atoms. The van der Waals surface area contributed by atoms with Gasteiger partial charge >= 0.3 is 6.18 Å². The van der Waals surface area contributed by atoms with Gasteiger partial charge in [0.2, 0.25) is 0 Å². The van der Waals surface area contributed by atoms with Gasteiger partial charge in [0.05, 0.1) is 18.2 Å². The van der Waals surface area contributed by atoms with Crippen LogP contribution >= 0.6 is 0 Å². The van der Waals surface area contributed by atoms with E-state index in [0.29, 0.717) is 5.56 Å². The lowest BCUT2D eigenvalue weighted by molar-refractivity contribution is -0.0925. The van der Waals surface area contributed by atoms with E-state index in [9.17, 15) is 13.2 Å². The molecule has 0 atom stereocenters. The third kappa shape index (κ3) is 2.87. The largest absolute Gasteiger partial charge is 0.472 e. The van der Waals surface area contributed by atoms with E-state index >= 15 is 0 Å². The van der Waals surface area contributed by atoms with Gasteiger partial charge in [-0.2, -0.15) is 13.2 Å². The van der Waals surface area contributed by atoms with Crippen molar-refractivity contribution < 1.29 is 17.6 Å². The summed E-state index contributed by atoms with van der Waals surface area (Å²) in [5, 5.41) is 0. The van der Waals surface area contributed by atoms with Crippen LogP contribution in [-0.2, 0) is 0 Å². The predicted octanol–water partition coefficient (Wildman–Crippen LogP) is 2.10. The SMILES string of the molecule is CN=C(C=C(N)C(F)(F)F)c1ccoc1. The summed E-state index contributed by atoms with van der Waals surface area (Å²) in [5.41, 5.74) is 4.24. The molecule has 0 saturated carbocycles. The quantitative estimate of drug-likeness (QED) is 0.773. The van der Waals surface area contributed by atoms with E-state index < -0.39 is 11.9 Å². The highest BCUT2D eigenvalue weighted by Gasteiger charge is 2.31. The van der Waals surface area contributed by atoms with Crippen molar-refractivity contribution in [3.8, 4) is 0 Å². The first kappa shape index (κ1) is 11.4. The molecule has 1 aromatic rings. The van der Waals surface area contributed by atoms with Crippen LogP contribution in [0.2, 0.25) is 0 Å². The third-order valence-electron chi connectivity index (χ3n) is 1.68. The highest BCUT2D eigenvalue weighted by molar-refractivity contribution is 6.08. The lowest BCUT2D eigenvalue weighted by Crippen LogP contribution is -2.20. The van der Waals surface area contributed by atoms with Crippen LogP contribution in [0.5, 0.6) is 0 Å². The molecule has 0 saturated heterocycles. The van der Waals surface area contributed by atoms with Crippen molar-refractivity contribution in [1.82, 2.24) is 0 Å². The average Bonchev–Trinajstić information content (AvgIpc) is 2.64. The van der Waals surface area contributed by atoms with Gasteiger partial charge in [0.15, 0.2) is 0 Å². The van der Waals surface area contributed by atoms with Gasteiger partial charge in [0.25, 0.3) is 0 Å². The second-order valence-electron chi connectivity index (χ2n) is 2.72. The number of nitrogens with zero attached hydrogens (tertiary/aromatic N) is 1. The van der Waals surface area contributed by atoms with Gasteiger partial charge in [-0.15, -0.1) is 0 Å². The molecule has 1 aromatic heterocycles. The minimum atomic E-state index is -4.54. The Kier molecular flexibility index (Phi) is 3.18. The Hall–Kier alpha value is -1.72. The summed E-state index contributed by atoms with van der Waals surface area (Å²) in [7, 11) is 1.38. The fourth-order valence-corrected chi connectivity index (χ4v) is 0.916. The Morgan fingerprint density at radius 1 is 1.53 bits per heavy atom. The summed E-state index contributed by atoms with van der Waals surface area (Å²) in [4.78, 5) is 3.68. The lowest BCUT2D eigenvalue weighted by Gasteiger charge is -2.06. The highest BCUT2D eigenvalue weighted by atomic mass is 19.4. The summed E-state index contributed by atoms with van der Waals surface area (Å²) in [5.74, 6) is 0. The molecule has 0 amide bonds. The molecule has 0 aromatic carbocycles. The maximum absolute atomic E-state index is 12.1. The van der Waals surface area contributed by atoms with Gasteiger partial charge in [-0.1, -0.05) is 0 Å². The van der Waals surface area contributed by atoms with E-state index in [2.05, 4.69) is 4.99 Å². The van der Waals surface area contributed by atoms with Crippen molar-refractivity contribution in [3.05, 3.63) is 35.9 Å². The maximum atomic E-state index is 12.1. The number of alkyl halides is 3. The van der Waals surface area contributed by atoms with E-state index in [1.165, 1.54) is 25.6 Å². The second kappa shape index (κ2) is 4.20. The Bertz CT molecular complexity index is 377. The second-order valence-corrected chi connectivity index (χ2v) is 2.72. The molecule has 2 N–H and O–H groups in total. The minimum absolute atomic E-state index is 0.124. The summed E-state index contributed by atoms with van der Waals surface area (Å²) < 4.78 is 41.1. The Balaban J connectivity index is 2.98. The van der Waals surface area contributed by atoms with Crippen molar-refractivity contribution in [2.24, 2.45) is 10.7 Å². The van der Waals surface area contributed by atoms with E-state index in [1.807, 2.05) is 0 Å². The van der Waals surface area contributed by atoms with Gasteiger partial charge in [-0.3, -0.25) is 4.99 Å². The van der Waals surface area contributed by atoms with Gasteiger partial charge in [-0.05, 0) is 12.1 Å². The first-order chi connectivity index (χ1) is 6.95. The van der Waals surface area contributed by atoms with Crippen molar-refractivity contribution >= 4 is 5.71 Å². The van der Waals surface area contributed by atoms with Crippen LogP contribution in [0, 0.1) is 0 Å². The topological polar surface area (TPSA) is 51.5 Å². The van der Waals surface area contributed by atoms with Gasteiger partial charge < -0.3 is 10.2 Å². The van der Waals surface area contributed by atoms with E-state index in [-0.39, 0.29) is 5.71 Å². The smallest absolute Gasteiger partial charge is 0.430 e. The number of rotatable bonds is 2. The average molecular weight is 218 g/mol. The first-order valence-electron chi connectivity index (χ1n) is 3.99. The summed E-state index contributed by atoms with van der Waals surface area (Å²) in [6.07, 6.45) is -1.13. The molecule has 0 aliphatic heterocycles. The number of aliphatic imine (C=N–C) groups is 1. The zero-order chi connectivity index (χ0) is 11.5. The third-order valence-corrected chi connectivity index (χ3v) is 1.68. The van der Waals surface area contributed by atoms with Crippen molar-refractivity contribution in [3.63, 3.8) is 0 Å². The fraction of sp³-hybridized carbons (Fsp3) is 0.222.